The number of hydrogen-bond donors (Lipinski definition) is 3. The minimum absolute atomic E-state index is 0.0228. The topological polar surface area (TPSA) is 106 Å². The lowest BCUT2D eigenvalue weighted by Gasteiger charge is -2.20. The lowest BCUT2D eigenvalue weighted by Crippen LogP contribution is -2.32. The average molecular weight is 343 g/mol. The Bertz CT molecular complexity index is 675. The van der Waals surface area contributed by atoms with Crippen LogP contribution in [0.3, 0.4) is 0 Å². The van der Waals surface area contributed by atoms with Crippen LogP contribution in [0.4, 0.5) is 5.69 Å². The summed E-state index contributed by atoms with van der Waals surface area (Å²) in [6, 6.07) is 2.80. The van der Waals surface area contributed by atoms with Crippen LogP contribution >= 0.6 is 0 Å². The fourth-order valence-electron chi connectivity index (χ4n) is 2.11. The first-order valence-corrected chi connectivity index (χ1v) is 8.81. The van der Waals surface area contributed by atoms with Crippen molar-refractivity contribution in [2.24, 2.45) is 0 Å². The van der Waals surface area contributed by atoms with Gasteiger partial charge in [-0.3, -0.25) is 4.79 Å². The molecule has 1 aromatic carbocycles. The fourth-order valence-corrected chi connectivity index (χ4v) is 3.31. The summed E-state index contributed by atoms with van der Waals surface area (Å²) in [4.78, 5) is 11.3. The molecule has 0 fully saturated rings. The number of anilines is 1. The van der Waals surface area contributed by atoms with E-state index in [-0.39, 0.29) is 29.7 Å². The summed E-state index contributed by atoms with van der Waals surface area (Å²) in [5.41, 5.74) is 0.390. The second kappa shape index (κ2) is 7.62. The summed E-state index contributed by atoms with van der Waals surface area (Å²) in [6.45, 7) is 3.52. The van der Waals surface area contributed by atoms with Crippen molar-refractivity contribution in [2.45, 2.75) is 18.2 Å². The van der Waals surface area contributed by atoms with Gasteiger partial charge in [0.2, 0.25) is 10.0 Å². The van der Waals surface area contributed by atoms with Gasteiger partial charge in [0.25, 0.3) is 5.91 Å². The Labute approximate surface area is 135 Å². The van der Waals surface area contributed by atoms with Crippen LogP contribution in [0.25, 0.3) is 0 Å². The van der Waals surface area contributed by atoms with E-state index in [9.17, 15) is 13.2 Å². The molecule has 9 heteroatoms. The number of amides is 1. The number of benzene rings is 1. The molecule has 0 bridgehead atoms. The van der Waals surface area contributed by atoms with Crippen molar-refractivity contribution in [2.75, 3.05) is 38.7 Å². The molecule has 1 aliphatic rings. The van der Waals surface area contributed by atoms with Gasteiger partial charge >= 0.3 is 0 Å². The highest BCUT2D eigenvalue weighted by Gasteiger charge is 2.25. The number of rotatable bonds is 8. The van der Waals surface area contributed by atoms with Crippen molar-refractivity contribution >= 4 is 21.6 Å². The molecule has 1 aliphatic heterocycles. The minimum Gasteiger partial charge on any atom is -0.495 e. The standard InChI is InChI=1S/C14H21N3O5S/c1-3-4-15-5-6-16-23(19,20)13-8-11-10(7-12(13)21-2)17-14(18)9-22-11/h7-8,15-16H,3-6,9H2,1-2H3,(H,17,18). The van der Waals surface area contributed by atoms with Gasteiger partial charge in [0, 0.05) is 25.2 Å². The number of ether oxygens (including phenoxy) is 2. The Morgan fingerprint density at radius 2 is 2.09 bits per heavy atom. The van der Waals surface area contributed by atoms with E-state index in [1.165, 1.54) is 19.2 Å². The number of methoxy groups -OCH3 is 1. The summed E-state index contributed by atoms with van der Waals surface area (Å²) in [6.07, 6.45) is 0.981. The van der Waals surface area contributed by atoms with Gasteiger partial charge in [-0.1, -0.05) is 6.92 Å². The number of fused-ring (bicyclic) bond motifs is 1. The minimum atomic E-state index is -3.74. The van der Waals surface area contributed by atoms with Crippen molar-refractivity contribution in [1.82, 2.24) is 10.0 Å². The molecule has 0 radical (unpaired) electrons. The smallest absolute Gasteiger partial charge is 0.262 e. The zero-order valence-electron chi connectivity index (χ0n) is 13.1. The highest BCUT2D eigenvalue weighted by molar-refractivity contribution is 7.89. The van der Waals surface area contributed by atoms with E-state index in [1.807, 2.05) is 6.92 Å². The van der Waals surface area contributed by atoms with Crippen LogP contribution in [0.15, 0.2) is 17.0 Å². The lowest BCUT2D eigenvalue weighted by atomic mass is 10.2. The van der Waals surface area contributed by atoms with Crippen molar-refractivity contribution in [3.05, 3.63) is 12.1 Å². The van der Waals surface area contributed by atoms with Gasteiger partial charge in [0.1, 0.15) is 16.4 Å². The van der Waals surface area contributed by atoms with E-state index in [2.05, 4.69) is 15.4 Å². The SMILES string of the molecule is CCCNCCNS(=O)(=O)c1cc2c(cc1OC)NC(=O)CO2. The Balaban J connectivity index is 2.18. The molecule has 2 rings (SSSR count). The van der Waals surface area contributed by atoms with Crippen LogP contribution in [-0.2, 0) is 14.8 Å². The Kier molecular flexibility index (Phi) is 5.80. The maximum Gasteiger partial charge on any atom is 0.262 e. The van der Waals surface area contributed by atoms with E-state index in [4.69, 9.17) is 9.47 Å². The van der Waals surface area contributed by atoms with Gasteiger partial charge in [-0.2, -0.15) is 0 Å². The van der Waals surface area contributed by atoms with E-state index in [0.29, 0.717) is 18.0 Å². The highest BCUT2D eigenvalue weighted by Crippen LogP contribution is 2.36. The molecular formula is C14H21N3O5S. The zero-order chi connectivity index (χ0) is 16.9. The molecule has 0 unspecified atom stereocenters. The predicted molar refractivity (Wildman–Crippen MR) is 85.5 cm³/mol. The molecule has 1 aromatic rings. The number of sulfonamides is 1. The van der Waals surface area contributed by atoms with Crippen molar-refractivity contribution in [3.63, 3.8) is 0 Å². The largest absolute Gasteiger partial charge is 0.495 e. The molecule has 128 valence electrons. The van der Waals surface area contributed by atoms with Crippen LogP contribution in [0.2, 0.25) is 0 Å². The summed E-state index contributed by atoms with van der Waals surface area (Å²) in [5.74, 6) is 0.147. The maximum atomic E-state index is 12.4. The number of carbonyl (C=O) groups is 1. The third kappa shape index (κ3) is 4.34. The Morgan fingerprint density at radius 1 is 1.30 bits per heavy atom. The summed E-state index contributed by atoms with van der Waals surface area (Å²) in [7, 11) is -2.37. The molecule has 0 spiro atoms. The van der Waals surface area contributed by atoms with Crippen LogP contribution in [0.5, 0.6) is 11.5 Å². The van der Waals surface area contributed by atoms with Gasteiger partial charge in [-0.25, -0.2) is 13.1 Å². The molecule has 0 saturated carbocycles. The monoisotopic (exact) mass is 343 g/mol. The van der Waals surface area contributed by atoms with Gasteiger partial charge in [0.05, 0.1) is 12.8 Å². The molecule has 0 saturated heterocycles. The molecule has 0 atom stereocenters. The highest BCUT2D eigenvalue weighted by atomic mass is 32.2. The molecule has 8 nitrogen and oxygen atoms in total. The van der Waals surface area contributed by atoms with E-state index in [0.717, 1.165) is 13.0 Å². The number of hydrogen-bond acceptors (Lipinski definition) is 6. The molecule has 1 heterocycles. The Morgan fingerprint density at radius 3 is 2.78 bits per heavy atom. The maximum absolute atomic E-state index is 12.4. The molecule has 23 heavy (non-hydrogen) atoms. The van der Waals surface area contributed by atoms with Gasteiger partial charge in [0.15, 0.2) is 6.61 Å². The number of nitrogens with one attached hydrogen (secondary N) is 3. The average Bonchev–Trinajstić information content (AvgIpc) is 2.53. The normalized spacial score (nSPS) is 13.9. The lowest BCUT2D eigenvalue weighted by molar-refractivity contribution is -0.118. The van der Waals surface area contributed by atoms with E-state index >= 15 is 0 Å². The number of carbonyl (C=O) groups excluding carboxylic acids is 1. The first kappa shape index (κ1) is 17.5. The van der Waals surface area contributed by atoms with Crippen molar-refractivity contribution in [3.8, 4) is 11.5 Å². The first-order valence-electron chi connectivity index (χ1n) is 7.33. The van der Waals surface area contributed by atoms with Crippen LogP contribution in [0, 0.1) is 0 Å². The van der Waals surface area contributed by atoms with Gasteiger partial charge < -0.3 is 20.1 Å². The molecule has 0 aromatic heterocycles. The Hall–Kier alpha value is -1.84. The second-order valence-electron chi connectivity index (χ2n) is 4.98. The summed E-state index contributed by atoms with van der Waals surface area (Å²) < 4.78 is 37.8. The zero-order valence-corrected chi connectivity index (χ0v) is 14.0. The quantitative estimate of drug-likeness (QED) is 0.587. The molecular weight excluding hydrogens is 322 g/mol. The third-order valence-corrected chi connectivity index (χ3v) is 4.69. The fraction of sp³-hybridized carbons (Fsp3) is 0.500. The third-order valence-electron chi connectivity index (χ3n) is 3.21. The van der Waals surface area contributed by atoms with E-state index < -0.39 is 10.0 Å². The molecule has 0 aliphatic carbocycles. The predicted octanol–water partition coefficient (Wildman–Crippen LogP) is 0.304. The van der Waals surface area contributed by atoms with Crippen LogP contribution in [-0.4, -0.2) is 47.7 Å². The molecule has 1 amide bonds. The summed E-state index contributed by atoms with van der Waals surface area (Å²) >= 11 is 0. The van der Waals surface area contributed by atoms with Gasteiger partial charge in [-0.05, 0) is 13.0 Å². The van der Waals surface area contributed by atoms with E-state index in [1.54, 1.807) is 0 Å². The molecule has 3 N–H and O–H groups in total. The van der Waals surface area contributed by atoms with Crippen LogP contribution < -0.4 is 24.8 Å². The second-order valence-corrected chi connectivity index (χ2v) is 6.72. The van der Waals surface area contributed by atoms with Crippen molar-refractivity contribution in [1.29, 1.82) is 0 Å². The van der Waals surface area contributed by atoms with Gasteiger partial charge in [-0.15, -0.1) is 0 Å². The van der Waals surface area contributed by atoms with Crippen LogP contribution in [0.1, 0.15) is 13.3 Å². The first-order chi connectivity index (χ1) is 11.0. The summed E-state index contributed by atoms with van der Waals surface area (Å²) in [5, 5.41) is 5.72. The van der Waals surface area contributed by atoms with Crippen molar-refractivity contribution < 1.29 is 22.7 Å².